The third-order valence-electron chi connectivity index (χ3n) is 8.22. The second-order valence-corrected chi connectivity index (χ2v) is 12.8. The van der Waals surface area contributed by atoms with Crippen molar-refractivity contribution in [3.05, 3.63) is 53.1 Å². The Bertz CT molecular complexity index is 1320. The highest BCUT2D eigenvalue weighted by Crippen LogP contribution is 2.60. The molecule has 2 aliphatic carbocycles. The van der Waals surface area contributed by atoms with Crippen LogP contribution in [0.3, 0.4) is 0 Å². The minimum Gasteiger partial charge on any atom is -0.426 e. The summed E-state index contributed by atoms with van der Waals surface area (Å²) in [6.07, 6.45) is 0.907. The number of benzene rings is 2. The number of hydrogen-bond acceptors (Lipinski definition) is 5. The Balaban J connectivity index is 1.17. The molecule has 7 atom stereocenters. The van der Waals surface area contributed by atoms with Gasteiger partial charge >= 0.3 is 5.97 Å². The van der Waals surface area contributed by atoms with E-state index in [4.69, 9.17) is 16.3 Å². The Morgan fingerprint density at radius 3 is 2.24 bits per heavy atom. The maximum absolute atomic E-state index is 13.4. The van der Waals surface area contributed by atoms with Gasteiger partial charge in [0.05, 0.1) is 34.2 Å². The molecular formula is C27H23Br2ClN2O5. The molecule has 6 rings (SSSR count). The van der Waals surface area contributed by atoms with E-state index in [1.165, 1.54) is 9.80 Å². The Morgan fingerprint density at radius 1 is 0.973 bits per heavy atom. The number of alkyl halides is 2. The van der Waals surface area contributed by atoms with Gasteiger partial charge in [0.1, 0.15) is 5.75 Å². The van der Waals surface area contributed by atoms with Gasteiger partial charge < -0.3 is 9.64 Å². The number of nitrogens with zero attached hydrogens (tertiary/aromatic N) is 2. The molecule has 2 aromatic carbocycles. The van der Waals surface area contributed by atoms with E-state index in [2.05, 4.69) is 31.9 Å². The van der Waals surface area contributed by atoms with Crippen molar-refractivity contribution in [3.8, 4) is 5.75 Å². The number of para-hydroxylation sites is 1. The van der Waals surface area contributed by atoms with Gasteiger partial charge in [0, 0.05) is 22.6 Å². The van der Waals surface area contributed by atoms with Crippen molar-refractivity contribution >= 4 is 78.5 Å². The molecule has 2 saturated heterocycles. The molecule has 0 unspecified atom stereocenters. The molecule has 10 heteroatoms. The van der Waals surface area contributed by atoms with Crippen LogP contribution in [0.5, 0.6) is 5.75 Å². The summed E-state index contributed by atoms with van der Waals surface area (Å²) in [4.78, 5) is 55.4. The average molecular weight is 651 g/mol. The lowest BCUT2D eigenvalue weighted by Crippen LogP contribution is -2.37. The van der Waals surface area contributed by atoms with Crippen LogP contribution in [0.1, 0.15) is 18.4 Å². The Kier molecular flexibility index (Phi) is 6.24. The summed E-state index contributed by atoms with van der Waals surface area (Å²) in [6, 6.07) is 11.9. The van der Waals surface area contributed by atoms with Crippen LogP contribution < -0.4 is 14.5 Å². The van der Waals surface area contributed by atoms with E-state index in [0.29, 0.717) is 27.7 Å². The fourth-order valence-electron chi connectivity index (χ4n) is 6.50. The van der Waals surface area contributed by atoms with Crippen LogP contribution in [0.2, 0.25) is 5.02 Å². The van der Waals surface area contributed by atoms with Crippen molar-refractivity contribution in [3.63, 3.8) is 0 Å². The summed E-state index contributed by atoms with van der Waals surface area (Å²) in [6.45, 7) is 1.97. The van der Waals surface area contributed by atoms with Crippen molar-refractivity contribution < 1.29 is 23.9 Å². The smallest absolute Gasteiger partial charge is 0.316 e. The van der Waals surface area contributed by atoms with Crippen molar-refractivity contribution in [2.24, 2.45) is 29.6 Å². The van der Waals surface area contributed by atoms with E-state index < -0.39 is 11.9 Å². The second-order valence-electron chi connectivity index (χ2n) is 10.2. The second kappa shape index (κ2) is 9.20. The average Bonchev–Trinajstić information content (AvgIpc) is 3.58. The third kappa shape index (κ3) is 3.88. The maximum atomic E-state index is 13.4. The third-order valence-corrected chi connectivity index (χ3v) is 11.7. The highest BCUT2D eigenvalue weighted by Gasteiger charge is 2.66. The number of aryl methyl sites for hydroxylation is 1. The lowest BCUT2D eigenvalue weighted by molar-refractivity contribution is -0.139. The topological polar surface area (TPSA) is 84.0 Å². The van der Waals surface area contributed by atoms with Gasteiger partial charge in [-0.1, -0.05) is 55.6 Å². The van der Waals surface area contributed by atoms with E-state index in [-0.39, 0.29) is 64.0 Å². The molecule has 2 aliphatic heterocycles. The lowest BCUT2D eigenvalue weighted by Gasteiger charge is -2.28. The van der Waals surface area contributed by atoms with E-state index in [0.717, 1.165) is 6.42 Å². The number of imide groups is 1. The SMILES string of the molecule is Cc1cc(OC(=O)[C@@H]2CC(=O)N(c3ccccc3Cl)C2)ccc1N1C(=O)[C@@H]2[C@H]3C[C@@H]([C@H](Br)[C@H]3Br)[C@@H]2C1=O. The monoisotopic (exact) mass is 648 g/mol. The lowest BCUT2D eigenvalue weighted by atomic mass is 9.81. The molecule has 2 heterocycles. The first-order valence-electron chi connectivity index (χ1n) is 12.2. The molecule has 0 N–H and O–H groups in total. The number of amides is 3. The molecule has 3 amide bonds. The summed E-state index contributed by atoms with van der Waals surface area (Å²) in [5, 5.41) is 0.442. The zero-order chi connectivity index (χ0) is 26.2. The molecule has 37 heavy (non-hydrogen) atoms. The zero-order valence-electron chi connectivity index (χ0n) is 19.8. The number of fused-ring (bicyclic) bond motifs is 5. The molecule has 192 valence electrons. The fourth-order valence-corrected chi connectivity index (χ4v) is 8.61. The van der Waals surface area contributed by atoms with Gasteiger partial charge in [0.2, 0.25) is 17.7 Å². The minimum absolute atomic E-state index is 0.0339. The van der Waals surface area contributed by atoms with Crippen LogP contribution in [-0.4, -0.2) is 39.9 Å². The van der Waals surface area contributed by atoms with Crippen molar-refractivity contribution in [2.45, 2.75) is 29.4 Å². The van der Waals surface area contributed by atoms with E-state index in [9.17, 15) is 19.2 Å². The van der Waals surface area contributed by atoms with Crippen molar-refractivity contribution in [1.29, 1.82) is 0 Å². The van der Waals surface area contributed by atoms with Gasteiger partial charge in [-0.05, 0) is 61.1 Å². The summed E-state index contributed by atoms with van der Waals surface area (Å²) < 4.78 is 5.61. The van der Waals surface area contributed by atoms with Crippen LogP contribution in [0.4, 0.5) is 11.4 Å². The van der Waals surface area contributed by atoms with Gasteiger partial charge in [-0.25, -0.2) is 4.90 Å². The summed E-state index contributed by atoms with van der Waals surface area (Å²) >= 11 is 13.7. The maximum Gasteiger partial charge on any atom is 0.316 e. The molecular weight excluding hydrogens is 628 g/mol. The van der Waals surface area contributed by atoms with Gasteiger partial charge in [-0.15, -0.1) is 0 Å². The standard InChI is InChI=1S/C27H23Br2ClN2O5/c1-12-8-14(37-27(36)13-9-20(33)31(11-13)19-5-3-2-4-17(19)30)6-7-18(12)32-25(34)21-15-10-16(22(21)26(32)35)24(29)23(15)28/h2-8,13,15-16,21-24H,9-11H2,1H3/t13-,15-,16-,21-,22+,23+,24+/m1/s1. The van der Waals surface area contributed by atoms with E-state index in [1.807, 2.05) is 0 Å². The van der Waals surface area contributed by atoms with E-state index >= 15 is 0 Å². The fraction of sp³-hybridized carbons (Fsp3) is 0.407. The first-order chi connectivity index (χ1) is 17.7. The largest absolute Gasteiger partial charge is 0.426 e. The Hall–Kier alpha value is -2.23. The molecule has 4 fully saturated rings. The normalized spacial score (nSPS) is 32.4. The quantitative estimate of drug-likeness (QED) is 0.204. The summed E-state index contributed by atoms with van der Waals surface area (Å²) in [7, 11) is 0. The zero-order valence-corrected chi connectivity index (χ0v) is 23.7. The Labute approximate surface area is 235 Å². The van der Waals surface area contributed by atoms with Gasteiger partial charge in [-0.2, -0.15) is 0 Å². The van der Waals surface area contributed by atoms with E-state index in [1.54, 1.807) is 49.4 Å². The molecule has 0 aromatic heterocycles. The highest BCUT2D eigenvalue weighted by molar-refractivity contribution is 9.12. The highest BCUT2D eigenvalue weighted by atomic mass is 79.9. The van der Waals surface area contributed by atoms with Crippen LogP contribution in [-0.2, 0) is 19.2 Å². The number of rotatable bonds is 4. The van der Waals surface area contributed by atoms with Crippen molar-refractivity contribution in [2.75, 3.05) is 16.3 Å². The first kappa shape index (κ1) is 25.1. The van der Waals surface area contributed by atoms with Gasteiger partial charge in [0.25, 0.3) is 0 Å². The molecule has 2 bridgehead atoms. The van der Waals surface area contributed by atoms with Crippen molar-refractivity contribution in [1.82, 2.24) is 0 Å². The molecule has 0 radical (unpaired) electrons. The molecule has 7 nitrogen and oxygen atoms in total. The van der Waals surface area contributed by atoms with Crippen LogP contribution in [0.15, 0.2) is 42.5 Å². The summed E-state index contributed by atoms with van der Waals surface area (Å²) in [5.74, 6) is -1.65. The molecule has 2 saturated carbocycles. The number of anilines is 2. The minimum atomic E-state index is -0.630. The number of hydrogen-bond donors (Lipinski definition) is 0. The predicted octanol–water partition coefficient (Wildman–Crippen LogP) is 4.89. The number of ether oxygens (including phenoxy) is 1. The van der Waals surface area contributed by atoms with Crippen LogP contribution in [0, 0.1) is 36.5 Å². The first-order valence-corrected chi connectivity index (χ1v) is 14.4. The number of esters is 1. The van der Waals surface area contributed by atoms with Gasteiger partial charge in [0.15, 0.2) is 0 Å². The molecule has 4 aliphatic rings. The van der Waals surface area contributed by atoms with Gasteiger partial charge in [-0.3, -0.25) is 19.2 Å². The molecule has 2 aromatic rings. The Morgan fingerprint density at radius 2 is 1.62 bits per heavy atom. The molecule has 0 spiro atoms. The van der Waals surface area contributed by atoms with Crippen LogP contribution >= 0.6 is 43.5 Å². The summed E-state index contributed by atoms with van der Waals surface area (Å²) in [5.41, 5.74) is 1.74. The predicted molar refractivity (Wildman–Crippen MR) is 145 cm³/mol. The number of halogens is 3. The van der Waals surface area contributed by atoms with Crippen LogP contribution in [0.25, 0.3) is 0 Å². The number of carbonyl (C=O) groups is 4. The number of carbonyl (C=O) groups excluding carboxylic acids is 4.